The van der Waals surface area contributed by atoms with Crippen LogP contribution < -0.4 is 21.3 Å². The van der Waals surface area contributed by atoms with Gasteiger partial charge in [-0.1, -0.05) is 19.9 Å². The standard InChI is InChI=1S/C23H38N6O.HI/c1-16(2)17-6-8-20(9-7-17)28-23(25-3)27-15-19-5-4-12-26-22(19)29-13-10-18(11-14-29)21(24)30;/h4-5,12,16-18,20H,6-11,13-15H2,1-3H3,(H2,24,30)(H2,25,27,28);1H. The summed E-state index contributed by atoms with van der Waals surface area (Å²) in [5.41, 5.74) is 6.61. The third-order valence-corrected chi connectivity index (χ3v) is 6.79. The number of guanidine groups is 1. The number of hydrogen-bond acceptors (Lipinski definition) is 4. The number of pyridine rings is 1. The van der Waals surface area contributed by atoms with Gasteiger partial charge in [0.15, 0.2) is 5.96 Å². The zero-order chi connectivity index (χ0) is 21.5. The van der Waals surface area contributed by atoms with E-state index < -0.39 is 0 Å². The molecule has 3 rings (SSSR count). The average Bonchev–Trinajstić information content (AvgIpc) is 2.77. The number of nitrogens with two attached hydrogens (primary N) is 1. The van der Waals surface area contributed by atoms with E-state index in [4.69, 9.17) is 5.73 Å². The first-order chi connectivity index (χ1) is 14.5. The van der Waals surface area contributed by atoms with Crippen LogP contribution in [0, 0.1) is 17.8 Å². The molecule has 1 saturated heterocycles. The van der Waals surface area contributed by atoms with E-state index in [2.05, 4.69) is 45.4 Å². The van der Waals surface area contributed by atoms with Gasteiger partial charge in [-0.05, 0) is 56.4 Å². The van der Waals surface area contributed by atoms with Gasteiger partial charge >= 0.3 is 0 Å². The lowest BCUT2D eigenvalue weighted by Crippen LogP contribution is -2.45. The molecule has 0 spiro atoms. The summed E-state index contributed by atoms with van der Waals surface area (Å²) in [7, 11) is 1.83. The number of rotatable bonds is 6. The van der Waals surface area contributed by atoms with E-state index >= 15 is 0 Å². The lowest BCUT2D eigenvalue weighted by molar-refractivity contribution is -0.122. The Labute approximate surface area is 204 Å². The number of nitrogens with one attached hydrogen (secondary N) is 2. The van der Waals surface area contributed by atoms with Crippen LogP contribution in [-0.2, 0) is 11.3 Å². The Kier molecular flexibility index (Phi) is 10.3. The SMILES string of the molecule is CN=C(NCc1cccnc1N1CCC(C(N)=O)CC1)NC1CCC(C(C)C)CC1.I. The molecule has 1 aromatic heterocycles. The van der Waals surface area contributed by atoms with Crippen LogP contribution in [0.25, 0.3) is 0 Å². The number of piperidine rings is 1. The van der Waals surface area contributed by atoms with E-state index in [1.54, 1.807) is 0 Å². The van der Waals surface area contributed by atoms with E-state index in [-0.39, 0.29) is 35.8 Å². The third-order valence-electron chi connectivity index (χ3n) is 6.79. The number of anilines is 1. The van der Waals surface area contributed by atoms with Crippen molar-refractivity contribution in [1.29, 1.82) is 0 Å². The third kappa shape index (κ3) is 7.22. The van der Waals surface area contributed by atoms with Gasteiger partial charge in [-0.3, -0.25) is 9.79 Å². The normalized spacial score (nSPS) is 22.7. The highest BCUT2D eigenvalue weighted by molar-refractivity contribution is 14.0. The van der Waals surface area contributed by atoms with Crippen LogP contribution in [0.15, 0.2) is 23.3 Å². The second-order valence-corrected chi connectivity index (χ2v) is 9.08. The van der Waals surface area contributed by atoms with Crippen LogP contribution in [0.5, 0.6) is 0 Å². The van der Waals surface area contributed by atoms with Crippen LogP contribution in [0.2, 0.25) is 0 Å². The molecule has 7 nitrogen and oxygen atoms in total. The van der Waals surface area contributed by atoms with Crippen LogP contribution in [-0.4, -0.2) is 43.0 Å². The number of primary amides is 1. The monoisotopic (exact) mass is 542 g/mol. The number of nitrogens with zero attached hydrogens (tertiary/aromatic N) is 3. The maximum Gasteiger partial charge on any atom is 0.220 e. The van der Waals surface area contributed by atoms with Gasteiger partial charge in [0, 0.05) is 50.4 Å². The summed E-state index contributed by atoms with van der Waals surface area (Å²) in [5, 5.41) is 7.08. The molecule has 4 N–H and O–H groups in total. The molecule has 2 fully saturated rings. The van der Waals surface area contributed by atoms with Crippen molar-refractivity contribution in [2.45, 2.75) is 65.0 Å². The molecular formula is C23H39IN6O. The van der Waals surface area contributed by atoms with E-state index in [9.17, 15) is 4.79 Å². The molecule has 0 radical (unpaired) electrons. The number of amides is 1. The Hall–Kier alpha value is -1.58. The summed E-state index contributed by atoms with van der Waals surface area (Å²) in [6.07, 6.45) is 8.41. The molecule has 2 heterocycles. The van der Waals surface area contributed by atoms with Gasteiger partial charge < -0.3 is 21.3 Å². The van der Waals surface area contributed by atoms with Crippen LogP contribution in [0.1, 0.15) is 57.9 Å². The summed E-state index contributed by atoms with van der Waals surface area (Å²) in [5.74, 6) is 3.27. The lowest BCUT2D eigenvalue weighted by Gasteiger charge is -2.33. The molecule has 0 atom stereocenters. The minimum absolute atomic E-state index is 0. The van der Waals surface area contributed by atoms with Crippen molar-refractivity contribution in [1.82, 2.24) is 15.6 Å². The largest absolute Gasteiger partial charge is 0.369 e. The molecule has 1 saturated carbocycles. The molecule has 0 bridgehead atoms. The average molecular weight is 543 g/mol. The quantitative estimate of drug-likeness (QED) is 0.292. The van der Waals surface area contributed by atoms with E-state index in [1.807, 2.05) is 19.3 Å². The number of aromatic nitrogens is 1. The fourth-order valence-corrected chi connectivity index (χ4v) is 4.73. The molecule has 1 aliphatic heterocycles. The Balaban J connectivity index is 0.00000341. The second kappa shape index (κ2) is 12.5. The van der Waals surface area contributed by atoms with Crippen molar-refractivity contribution < 1.29 is 4.79 Å². The highest BCUT2D eigenvalue weighted by atomic mass is 127. The lowest BCUT2D eigenvalue weighted by atomic mass is 9.80. The van der Waals surface area contributed by atoms with Crippen molar-refractivity contribution in [3.63, 3.8) is 0 Å². The first-order valence-corrected chi connectivity index (χ1v) is 11.4. The number of carbonyl (C=O) groups excluding carboxylic acids is 1. The predicted molar refractivity (Wildman–Crippen MR) is 138 cm³/mol. The van der Waals surface area contributed by atoms with Gasteiger partial charge in [-0.2, -0.15) is 0 Å². The Bertz CT molecular complexity index is 725. The first-order valence-electron chi connectivity index (χ1n) is 11.4. The number of aliphatic imine (C=N–C) groups is 1. The smallest absolute Gasteiger partial charge is 0.220 e. The van der Waals surface area contributed by atoms with Gasteiger partial charge in [0.05, 0.1) is 0 Å². The summed E-state index contributed by atoms with van der Waals surface area (Å²) in [6, 6.07) is 4.57. The Morgan fingerprint density at radius 2 is 1.90 bits per heavy atom. The molecule has 2 aliphatic rings. The predicted octanol–water partition coefficient (Wildman–Crippen LogP) is 3.28. The number of halogens is 1. The Morgan fingerprint density at radius 1 is 1.23 bits per heavy atom. The van der Waals surface area contributed by atoms with Crippen molar-refractivity contribution in [3.05, 3.63) is 23.9 Å². The minimum Gasteiger partial charge on any atom is -0.369 e. The van der Waals surface area contributed by atoms with Gasteiger partial charge in [0.25, 0.3) is 0 Å². The topological polar surface area (TPSA) is 95.6 Å². The summed E-state index contributed by atoms with van der Waals surface area (Å²) in [6.45, 7) is 6.95. The highest BCUT2D eigenvalue weighted by Crippen LogP contribution is 2.30. The molecule has 31 heavy (non-hydrogen) atoms. The summed E-state index contributed by atoms with van der Waals surface area (Å²) >= 11 is 0. The zero-order valence-corrected chi connectivity index (χ0v) is 21.5. The van der Waals surface area contributed by atoms with Crippen molar-refractivity contribution >= 4 is 41.7 Å². The molecule has 1 aromatic rings. The molecule has 0 unspecified atom stereocenters. The van der Waals surface area contributed by atoms with Gasteiger partial charge in [-0.15, -0.1) is 24.0 Å². The molecule has 174 valence electrons. The fourth-order valence-electron chi connectivity index (χ4n) is 4.73. The maximum absolute atomic E-state index is 11.4. The highest BCUT2D eigenvalue weighted by Gasteiger charge is 2.26. The molecule has 8 heteroatoms. The Morgan fingerprint density at radius 3 is 2.48 bits per heavy atom. The van der Waals surface area contributed by atoms with Gasteiger partial charge in [-0.25, -0.2) is 4.98 Å². The van der Waals surface area contributed by atoms with Crippen molar-refractivity contribution in [3.8, 4) is 0 Å². The van der Waals surface area contributed by atoms with E-state index in [1.165, 1.54) is 25.7 Å². The molecule has 1 aliphatic carbocycles. The van der Waals surface area contributed by atoms with Crippen LogP contribution in [0.3, 0.4) is 0 Å². The fraction of sp³-hybridized carbons (Fsp3) is 0.696. The summed E-state index contributed by atoms with van der Waals surface area (Å²) in [4.78, 5) is 22.8. The van der Waals surface area contributed by atoms with Crippen LogP contribution >= 0.6 is 24.0 Å². The molecule has 1 amide bonds. The van der Waals surface area contributed by atoms with Crippen molar-refractivity contribution in [2.75, 3.05) is 25.0 Å². The minimum atomic E-state index is -0.185. The number of carbonyl (C=O) groups is 1. The second-order valence-electron chi connectivity index (χ2n) is 9.08. The van der Waals surface area contributed by atoms with E-state index in [0.29, 0.717) is 12.6 Å². The van der Waals surface area contributed by atoms with E-state index in [0.717, 1.165) is 55.1 Å². The summed E-state index contributed by atoms with van der Waals surface area (Å²) < 4.78 is 0. The zero-order valence-electron chi connectivity index (χ0n) is 19.1. The van der Waals surface area contributed by atoms with Gasteiger partial charge in [0.1, 0.15) is 5.82 Å². The molecular weight excluding hydrogens is 503 g/mol. The number of hydrogen-bond donors (Lipinski definition) is 3. The van der Waals surface area contributed by atoms with Gasteiger partial charge in [0.2, 0.25) is 5.91 Å². The van der Waals surface area contributed by atoms with Crippen LogP contribution in [0.4, 0.5) is 5.82 Å². The maximum atomic E-state index is 11.4. The molecule has 0 aromatic carbocycles. The first kappa shape index (κ1) is 25.7. The van der Waals surface area contributed by atoms with Crippen molar-refractivity contribution in [2.24, 2.45) is 28.5 Å².